The number of carbonyl (C=O) groups is 1. The highest BCUT2D eigenvalue weighted by Gasteiger charge is 2.33. The molecule has 2 nitrogen and oxygen atoms in total. The zero-order valence-electron chi connectivity index (χ0n) is 9.81. The summed E-state index contributed by atoms with van der Waals surface area (Å²) >= 11 is 0. The highest BCUT2D eigenvalue weighted by atomic mass is 16.4. The van der Waals surface area contributed by atoms with Crippen molar-refractivity contribution in [1.29, 1.82) is 0 Å². The fraction of sp³-hybridized carbons (Fsp3) is 0.500. The van der Waals surface area contributed by atoms with Crippen LogP contribution in [0.3, 0.4) is 0 Å². The van der Waals surface area contributed by atoms with Crippen molar-refractivity contribution in [3.63, 3.8) is 0 Å². The molecule has 0 heterocycles. The summed E-state index contributed by atoms with van der Waals surface area (Å²) in [6.45, 7) is 4.43. The Bertz CT molecular complexity index is 395. The average molecular weight is 218 g/mol. The monoisotopic (exact) mass is 218 g/mol. The Kier molecular flexibility index (Phi) is 2.99. The normalized spacial score (nSPS) is 23.4. The molecule has 86 valence electrons. The molecule has 0 unspecified atom stereocenters. The second kappa shape index (κ2) is 4.28. The number of fused-ring (bicyclic) bond motifs is 1. The van der Waals surface area contributed by atoms with Crippen LogP contribution >= 0.6 is 0 Å². The van der Waals surface area contributed by atoms with E-state index < -0.39 is 5.97 Å². The van der Waals surface area contributed by atoms with E-state index in [1.165, 1.54) is 11.1 Å². The predicted molar refractivity (Wildman–Crippen MR) is 63.6 cm³/mol. The van der Waals surface area contributed by atoms with E-state index >= 15 is 0 Å². The van der Waals surface area contributed by atoms with Gasteiger partial charge in [-0.05, 0) is 35.3 Å². The van der Waals surface area contributed by atoms with Crippen LogP contribution in [0.1, 0.15) is 49.7 Å². The molecule has 1 aliphatic rings. The number of carboxylic acids is 1. The molecule has 0 aliphatic heterocycles. The van der Waals surface area contributed by atoms with Crippen molar-refractivity contribution in [2.75, 3.05) is 0 Å². The minimum absolute atomic E-state index is 0.209. The Morgan fingerprint density at radius 2 is 2.00 bits per heavy atom. The molecule has 2 atom stereocenters. The first-order valence-electron chi connectivity index (χ1n) is 5.90. The lowest BCUT2D eigenvalue weighted by Gasteiger charge is -2.15. The van der Waals surface area contributed by atoms with E-state index in [1.54, 1.807) is 0 Å². The number of aliphatic carboxylic acids is 1. The number of benzene rings is 1. The van der Waals surface area contributed by atoms with Gasteiger partial charge in [-0.3, -0.25) is 4.79 Å². The first kappa shape index (κ1) is 11.2. The van der Waals surface area contributed by atoms with Crippen molar-refractivity contribution in [2.45, 2.75) is 38.5 Å². The zero-order chi connectivity index (χ0) is 11.7. The van der Waals surface area contributed by atoms with E-state index in [1.807, 2.05) is 6.07 Å². The minimum atomic E-state index is -0.691. The number of hydrogen-bond acceptors (Lipinski definition) is 1. The highest BCUT2D eigenvalue weighted by molar-refractivity contribution is 5.68. The number of hydrogen-bond donors (Lipinski definition) is 1. The summed E-state index contributed by atoms with van der Waals surface area (Å²) in [5.74, 6) is 0.630. The van der Waals surface area contributed by atoms with Crippen LogP contribution in [0.4, 0.5) is 0 Å². The van der Waals surface area contributed by atoms with E-state index in [0.29, 0.717) is 11.8 Å². The van der Waals surface area contributed by atoms with Crippen LogP contribution < -0.4 is 0 Å². The standard InChI is InChI=1S/C14H18O2/c1-9(2)13-7-10(8-14(15)16)11-5-3-4-6-12(11)13/h3-6,9-10,13H,7-8H2,1-2H3,(H,15,16)/t10-,13+/m0/s1. The summed E-state index contributed by atoms with van der Waals surface area (Å²) in [6.07, 6.45) is 1.25. The third kappa shape index (κ3) is 1.97. The molecule has 1 aromatic rings. The molecule has 1 aliphatic carbocycles. The molecule has 0 saturated carbocycles. The lowest BCUT2D eigenvalue weighted by Crippen LogP contribution is -2.05. The Labute approximate surface area is 96.3 Å². The van der Waals surface area contributed by atoms with Gasteiger partial charge in [-0.25, -0.2) is 0 Å². The fourth-order valence-corrected chi connectivity index (χ4v) is 2.82. The molecule has 0 aromatic heterocycles. The van der Waals surface area contributed by atoms with Gasteiger partial charge in [0.2, 0.25) is 0 Å². The van der Waals surface area contributed by atoms with Gasteiger partial charge in [0.05, 0.1) is 6.42 Å². The first-order chi connectivity index (χ1) is 7.59. The smallest absolute Gasteiger partial charge is 0.303 e. The van der Waals surface area contributed by atoms with E-state index in [0.717, 1.165) is 6.42 Å². The third-order valence-corrected chi connectivity index (χ3v) is 3.60. The van der Waals surface area contributed by atoms with Crippen LogP contribution in [0.5, 0.6) is 0 Å². The van der Waals surface area contributed by atoms with Crippen LogP contribution in [-0.2, 0) is 4.79 Å². The maximum Gasteiger partial charge on any atom is 0.303 e. The zero-order valence-corrected chi connectivity index (χ0v) is 9.81. The van der Waals surface area contributed by atoms with Crippen molar-refractivity contribution >= 4 is 5.97 Å². The predicted octanol–water partition coefficient (Wildman–Crippen LogP) is 3.39. The Morgan fingerprint density at radius 1 is 1.38 bits per heavy atom. The van der Waals surface area contributed by atoms with Crippen LogP contribution in [0.25, 0.3) is 0 Å². The summed E-state index contributed by atoms with van der Waals surface area (Å²) in [7, 11) is 0. The van der Waals surface area contributed by atoms with Gasteiger partial charge in [-0.1, -0.05) is 38.1 Å². The molecule has 0 spiro atoms. The third-order valence-electron chi connectivity index (χ3n) is 3.60. The molecule has 0 radical (unpaired) electrons. The summed E-state index contributed by atoms with van der Waals surface area (Å²) in [6, 6.07) is 8.31. The summed E-state index contributed by atoms with van der Waals surface area (Å²) < 4.78 is 0. The Hall–Kier alpha value is -1.31. The number of rotatable bonds is 3. The van der Waals surface area contributed by atoms with Crippen LogP contribution in [-0.4, -0.2) is 11.1 Å². The molecule has 0 amide bonds. The maximum absolute atomic E-state index is 10.8. The Balaban J connectivity index is 2.31. The van der Waals surface area contributed by atoms with E-state index in [-0.39, 0.29) is 12.3 Å². The molecular formula is C14H18O2. The van der Waals surface area contributed by atoms with Gasteiger partial charge in [0.15, 0.2) is 0 Å². The van der Waals surface area contributed by atoms with Gasteiger partial charge >= 0.3 is 5.97 Å². The first-order valence-corrected chi connectivity index (χ1v) is 5.90. The highest BCUT2D eigenvalue weighted by Crippen LogP contribution is 2.46. The summed E-state index contributed by atoms with van der Waals surface area (Å²) in [4.78, 5) is 10.8. The van der Waals surface area contributed by atoms with E-state index in [2.05, 4.69) is 32.0 Å². The summed E-state index contributed by atoms with van der Waals surface area (Å²) in [5.41, 5.74) is 2.62. The minimum Gasteiger partial charge on any atom is -0.481 e. The maximum atomic E-state index is 10.8. The van der Waals surface area contributed by atoms with Gasteiger partial charge in [0.25, 0.3) is 0 Å². The summed E-state index contributed by atoms with van der Waals surface area (Å²) in [5, 5.41) is 8.92. The van der Waals surface area contributed by atoms with Gasteiger partial charge in [-0.2, -0.15) is 0 Å². The van der Waals surface area contributed by atoms with Crippen molar-refractivity contribution in [3.05, 3.63) is 35.4 Å². The fourth-order valence-electron chi connectivity index (χ4n) is 2.82. The Morgan fingerprint density at radius 3 is 2.56 bits per heavy atom. The van der Waals surface area contributed by atoms with Crippen molar-refractivity contribution in [3.8, 4) is 0 Å². The van der Waals surface area contributed by atoms with Crippen molar-refractivity contribution in [1.82, 2.24) is 0 Å². The molecule has 16 heavy (non-hydrogen) atoms. The second-order valence-electron chi connectivity index (χ2n) is 5.01. The average Bonchev–Trinajstić information content (AvgIpc) is 2.57. The van der Waals surface area contributed by atoms with Crippen molar-refractivity contribution in [2.24, 2.45) is 5.92 Å². The quantitative estimate of drug-likeness (QED) is 0.844. The van der Waals surface area contributed by atoms with Gasteiger partial charge in [-0.15, -0.1) is 0 Å². The molecule has 1 N–H and O–H groups in total. The lowest BCUT2D eigenvalue weighted by atomic mass is 9.89. The molecule has 2 heteroatoms. The molecular weight excluding hydrogens is 200 g/mol. The van der Waals surface area contributed by atoms with E-state index in [9.17, 15) is 4.79 Å². The largest absolute Gasteiger partial charge is 0.481 e. The second-order valence-corrected chi connectivity index (χ2v) is 5.01. The van der Waals surface area contributed by atoms with Crippen molar-refractivity contribution < 1.29 is 9.90 Å². The van der Waals surface area contributed by atoms with Crippen LogP contribution in [0, 0.1) is 5.92 Å². The van der Waals surface area contributed by atoms with Gasteiger partial charge < -0.3 is 5.11 Å². The molecule has 0 saturated heterocycles. The van der Waals surface area contributed by atoms with Gasteiger partial charge in [0.1, 0.15) is 0 Å². The lowest BCUT2D eigenvalue weighted by molar-refractivity contribution is -0.137. The molecule has 1 aromatic carbocycles. The SMILES string of the molecule is CC(C)[C@H]1C[C@@H](CC(=O)O)c2ccccc21. The van der Waals surface area contributed by atoms with Gasteiger partial charge in [0, 0.05) is 0 Å². The molecule has 0 fully saturated rings. The van der Waals surface area contributed by atoms with Crippen LogP contribution in [0.15, 0.2) is 24.3 Å². The molecule has 0 bridgehead atoms. The van der Waals surface area contributed by atoms with Crippen LogP contribution in [0.2, 0.25) is 0 Å². The number of carboxylic acid groups (broad SMARTS) is 1. The molecule has 2 rings (SSSR count). The topological polar surface area (TPSA) is 37.3 Å². The van der Waals surface area contributed by atoms with E-state index in [4.69, 9.17) is 5.11 Å².